The molecule has 0 fully saturated rings. The SMILES string of the molecule is Cc1ccc(-c2ccnc(OCc3ccc(C=CC(=O)NO)cc3)n2)o1. The van der Waals surface area contributed by atoms with Gasteiger partial charge in [-0.2, -0.15) is 4.98 Å². The van der Waals surface area contributed by atoms with Gasteiger partial charge < -0.3 is 9.15 Å². The second-order valence-electron chi connectivity index (χ2n) is 5.47. The number of nitrogens with zero attached hydrogens (tertiary/aromatic N) is 2. The molecule has 132 valence electrons. The van der Waals surface area contributed by atoms with Crippen LogP contribution in [0.25, 0.3) is 17.5 Å². The zero-order valence-electron chi connectivity index (χ0n) is 14.0. The van der Waals surface area contributed by atoms with Crippen LogP contribution in [0.5, 0.6) is 6.01 Å². The van der Waals surface area contributed by atoms with Crippen LogP contribution < -0.4 is 10.2 Å². The Morgan fingerprint density at radius 3 is 2.73 bits per heavy atom. The van der Waals surface area contributed by atoms with Gasteiger partial charge in [0.05, 0.1) is 0 Å². The Hall–Kier alpha value is -3.45. The Labute approximate surface area is 149 Å². The van der Waals surface area contributed by atoms with E-state index in [1.54, 1.807) is 18.3 Å². The van der Waals surface area contributed by atoms with Crippen molar-refractivity contribution in [3.05, 3.63) is 71.6 Å². The number of ether oxygens (including phenoxy) is 1. The highest BCUT2D eigenvalue weighted by Gasteiger charge is 2.07. The second-order valence-corrected chi connectivity index (χ2v) is 5.47. The van der Waals surface area contributed by atoms with E-state index >= 15 is 0 Å². The summed E-state index contributed by atoms with van der Waals surface area (Å²) in [5, 5.41) is 8.44. The molecular formula is C19H17N3O4. The third-order valence-corrected chi connectivity index (χ3v) is 3.51. The largest absolute Gasteiger partial charge is 0.460 e. The standard InChI is InChI=1S/C19H17N3O4/c1-13-2-8-17(26-13)16-10-11-20-19(21-16)25-12-15-5-3-14(4-6-15)7-9-18(23)22-24/h2-11,24H,12H2,1H3,(H,22,23). The Balaban J connectivity index is 1.62. The number of aryl methyl sites for hydroxylation is 1. The average molecular weight is 351 g/mol. The van der Waals surface area contributed by atoms with Gasteiger partial charge in [-0.05, 0) is 42.3 Å². The number of benzene rings is 1. The first kappa shape index (κ1) is 17.4. The number of hydrogen-bond donors (Lipinski definition) is 2. The maximum atomic E-state index is 11.0. The van der Waals surface area contributed by atoms with Gasteiger partial charge in [0, 0.05) is 12.3 Å². The lowest BCUT2D eigenvalue weighted by atomic mass is 10.1. The smallest absolute Gasteiger partial charge is 0.317 e. The van der Waals surface area contributed by atoms with Crippen molar-refractivity contribution in [1.29, 1.82) is 0 Å². The van der Waals surface area contributed by atoms with Crippen molar-refractivity contribution >= 4 is 12.0 Å². The molecule has 2 heterocycles. The van der Waals surface area contributed by atoms with Crippen LogP contribution in [0.15, 0.2) is 59.2 Å². The summed E-state index contributed by atoms with van der Waals surface area (Å²) >= 11 is 0. The summed E-state index contributed by atoms with van der Waals surface area (Å²) in [4.78, 5) is 19.4. The van der Waals surface area contributed by atoms with E-state index in [1.165, 1.54) is 11.6 Å². The van der Waals surface area contributed by atoms with Crippen LogP contribution in [0.2, 0.25) is 0 Å². The Morgan fingerprint density at radius 2 is 2.04 bits per heavy atom. The van der Waals surface area contributed by atoms with Crippen molar-refractivity contribution < 1.29 is 19.2 Å². The van der Waals surface area contributed by atoms with E-state index < -0.39 is 5.91 Å². The van der Waals surface area contributed by atoms with Crippen molar-refractivity contribution in [1.82, 2.24) is 15.4 Å². The minimum absolute atomic E-state index is 0.264. The fourth-order valence-electron chi connectivity index (χ4n) is 2.20. The van der Waals surface area contributed by atoms with Gasteiger partial charge >= 0.3 is 6.01 Å². The molecule has 0 spiro atoms. The summed E-state index contributed by atoms with van der Waals surface area (Å²) in [6.07, 6.45) is 4.45. The van der Waals surface area contributed by atoms with Crippen LogP contribution in [-0.2, 0) is 11.4 Å². The van der Waals surface area contributed by atoms with Crippen LogP contribution in [0, 0.1) is 6.92 Å². The fourth-order valence-corrected chi connectivity index (χ4v) is 2.20. The van der Waals surface area contributed by atoms with Gasteiger partial charge in [0.1, 0.15) is 18.1 Å². The molecule has 1 amide bonds. The molecule has 0 unspecified atom stereocenters. The first-order valence-electron chi connectivity index (χ1n) is 7.88. The molecule has 2 aromatic heterocycles. The van der Waals surface area contributed by atoms with E-state index in [2.05, 4.69) is 9.97 Å². The zero-order chi connectivity index (χ0) is 18.4. The van der Waals surface area contributed by atoms with Crippen molar-refractivity contribution in [2.24, 2.45) is 0 Å². The molecule has 0 saturated carbocycles. The van der Waals surface area contributed by atoms with Crippen molar-refractivity contribution in [2.75, 3.05) is 0 Å². The third kappa shape index (κ3) is 4.55. The highest BCUT2D eigenvalue weighted by molar-refractivity contribution is 5.90. The molecule has 7 heteroatoms. The molecule has 7 nitrogen and oxygen atoms in total. The van der Waals surface area contributed by atoms with Gasteiger partial charge in [-0.25, -0.2) is 10.5 Å². The predicted molar refractivity (Wildman–Crippen MR) is 94.2 cm³/mol. The summed E-state index contributed by atoms with van der Waals surface area (Å²) in [5.41, 5.74) is 3.94. The summed E-state index contributed by atoms with van der Waals surface area (Å²) in [7, 11) is 0. The third-order valence-electron chi connectivity index (χ3n) is 3.51. The maximum Gasteiger partial charge on any atom is 0.317 e. The molecule has 2 N–H and O–H groups in total. The van der Waals surface area contributed by atoms with Gasteiger partial charge in [-0.1, -0.05) is 24.3 Å². The first-order chi connectivity index (χ1) is 12.6. The topological polar surface area (TPSA) is 97.5 Å². The number of rotatable bonds is 6. The van der Waals surface area contributed by atoms with Gasteiger partial charge in [-0.15, -0.1) is 0 Å². The zero-order valence-corrected chi connectivity index (χ0v) is 14.0. The molecule has 0 aliphatic carbocycles. The number of aromatic nitrogens is 2. The predicted octanol–water partition coefficient (Wildman–Crippen LogP) is 3.14. The van der Waals surface area contributed by atoms with E-state index in [4.69, 9.17) is 14.4 Å². The molecule has 0 aliphatic rings. The highest BCUT2D eigenvalue weighted by Crippen LogP contribution is 2.21. The van der Waals surface area contributed by atoms with Gasteiger partial charge in [0.25, 0.3) is 5.91 Å². The monoisotopic (exact) mass is 351 g/mol. The van der Waals surface area contributed by atoms with Gasteiger partial charge in [0.15, 0.2) is 5.76 Å². The molecule has 26 heavy (non-hydrogen) atoms. The minimum Gasteiger partial charge on any atom is -0.460 e. The molecule has 0 aliphatic heterocycles. The second kappa shape index (κ2) is 8.09. The summed E-state index contributed by atoms with van der Waals surface area (Å²) in [6.45, 7) is 2.18. The Kier molecular flexibility index (Phi) is 5.40. The minimum atomic E-state index is -0.582. The first-order valence-corrected chi connectivity index (χ1v) is 7.88. The van der Waals surface area contributed by atoms with E-state index in [0.29, 0.717) is 18.1 Å². The lowest BCUT2D eigenvalue weighted by Gasteiger charge is -2.05. The van der Waals surface area contributed by atoms with E-state index in [-0.39, 0.29) is 6.01 Å². The molecule has 0 saturated heterocycles. The number of hydrogen-bond acceptors (Lipinski definition) is 6. The average Bonchev–Trinajstić information content (AvgIpc) is 3.12. The van der Waals surface area contributed by atoms with Crippen molar-refractivity contribution in [3.63, 3.8) is 0 Å². The van der Waals surface area contributed by atoms with Gasteiger partial charge in [0.2, 0.25) is 0 Å². The van der Waals surface area contributed by atoms with E-state index in [0.717, 1.165) is 16.9 Å². The molecule has 3 aromatic rings. The number of carbonyl (C=O) groups is 1. The summed E-state index contributed by atoms with van der Waals surface area (Å²) in [5.74, 6) is 0.894. The number of nitrogens with one attached hydrogen (secondary N) is 1. The number of carbonyl (C=O) groups excluding carboxylic acids is 1. The van der Waals surface area contributed by atoms with Crippen LogP contribution in [0.4, 0.5) is 0 Å². The van der Waals surface area contributed by atoms with Crippen molar-refractivity contribution in [2.45, 2.75) is 13.5 Å². The van der Waals surface area contributed by atoms with E-state index in [1.807, 2.05) is 43.3 Å². The molecular weight excluding hydrogens is 334 g/mol. The maximum absolute atomic E-state index is 11.0. The lowest BCUT2D eigenvalue weighted by molar-refractivity contribution is -0.124. The molecule has 1 aromatic carbocycles. The summed E-state index contributed by atoms with van der Waals surface area (Å²) < 4.78 is 11.2. The quantitative estimate of drug-likeness (QED) is 0.402. The molecule has 0 bridgehead atoms. The van der Waals surface area contributed by atoms with Crippen LogP contribution in [0.1, 0.15) is 16.9 Å². The van der Waals surface area contributed by atoms with Crippen LogP contribution in [-0.4, -0.2) is 21.1 Å². The summed E-state index contributed by atoms with van der Waals surface area (Å²) in [6, 6.07) is 13.2. The van der Waals surface area contributed by atoms with Crippen LogP contribution >= 0.6 is 0 Å². The van der Waals surface area contributed by atoms with E-state index in [9.17, 15) is 4.79 Å². The number of furan rings is 1. The molecule has 0 atom stereocenters. The number of amides is 1. The fraction of sp³-hybridized carbons (Fsp3) is 0.105. The Bertz CT molecular complexity index is 917. The van der Waals surface area contributed by atoms with Crippen LogP contribution in [0.3, 0.4) is 0 Å². The molecule has 0 radical (unpaired) electrons. The number of hydroxylamine groups is 1. The molecule has 3 rings (SSSR count). The highest BCUT2D eigenvalue weighted by atomic mass is 16.5. The van der Waals surface area contributed by atoms with Gasteiger partial charge in [-0.3, -0.25) is 10.0 Å². The van der Waals surface area contributed by atoms with Crippen molar-refractivity contribution in [3.8, 4) is 17.5 Å². The lowest BCUT2D eigenvalue weighted by Crippen LogP contribution is -2.14. The Morgan fingerprint density at radius 1 is 1.23 bits per heavy atom. The normalized spacial score (nSPS) is 10.8.